The van der Waals surface area contributed by atoms with Gasteiger partial charge in [0.2, 0.25) is 0 Å². The zero-order chi connectivity index (χ0) is 12.7. The fourth-order valence-corrected chi connectivity index (χ4v) is 3.47. The monoisotopic (exact) mass is 305 g/mol. The van der Waals surface area contributed by atoms with Crippen molar-refractivity contribution in [1.82, 2.24) is 14.5 Å². The second-order valence-corrected chi connectivity index (χ2v) is 5.29. The number of rotatable bonds is 1. The third kappa shape index (κ3) is 1.51. The van der Waals surface area contributed by atoms with Crippen LogP contribution in [-0.2, 0) is 0 Å². The van der Waals surface area contributed by atoms with E-state index in [1.54, 1.807) is 0 Å². The lowest BCUT2D eigenvalue weighted by atomic mass is 10.2. The summed E-state index contributed by atoms with van der Waals surface area (Å²) >= 11 is 3.52. The molecule has 2 N–H and O–H groups in total. The van der Waals surface area contributed by atoms with E-state index in [-0.39, 0.29) is 0 Å². The van der Waals surface area contributed by atoms with E-state index in [0.717, 1.165) is 23.1 Å². The van der Waals surface area contributed by atoms with E-state index < -0.39 is 0 Å². The summed E-state index contributed by atoms with van der Waals surface area (Å²) in [4.78, 5) is 8.29. The second kappa shape index (κ2) is 4.25. The number of halogens is 1. The summed E-state index contributed by atoms with van der Waals surface area (Å²) < 4.78 is 2.87. The molecule has 92 valence electrons. The Morgan fingerprint density at radius 2 is 2.11 bits per heavy atom. The second-order valence-electron chi connectivity index (χ2n) is 4.54. The van der Waals surface area contributed by atoms with Gasteiger partial charge in [-0.05, 0) is 28.8 Å². The van der Waals surface area contributed by atoms with Crippen molar-refractivity contribution in [3.63, 3.8) is 0 Å². The number of nitrogens with two attached hydrogens (primary N) is 1. The average Bonchev–Trinajstić information content (AvgIpc) is 2.95. The molecular formula is C12H12BrN5. The lowest BCUT2D eigenvalue weighted by molar-refractivity contribution is 0.523. The van der Waals surface area contributed by atoms with Gasteiger partial charge in [-0.1, -0.05) is 12.8 Å². The van der Waals surface area contributed by atoms with Gasteiger partial charge >= 0.3 is 0 Å². The van der Waals surface area contributed by atoms with Crippen molar-refractivity contribution < 1.29 is 0 Å². The average molecular weight is 306 g/mol. The highest BCUT2D eigenvalue weighted by Gasteiger charge is 2.26. The Balaban J connectivity index is 2.35. The summed E-state index contributed by atoms with van der Waals surface area (Å²) in [6, 6.07) is 2.60. The first-order valence-electron chi connectivity index (χ1n) is 5.94. The van der Waals surface area contributed by atoms with Crippen LogP contribution in [0.4, 0.5) is 5.82 Å². The van der Waals surface area contributed by atoms with E-state index in [1.807, 2.05) is 0 Å². The van der Waals surface area contributed by atoms with Crippen molar-refractivity contribution in [3.05, 3.63) is 16.5 Å². The molecule has 0 bridgehead atoms. The lowest BCUT2D eigenvalue weighted by Gasteiger charge is -2.14. The first-order chi connectivity index (χ1) is 8.74. The van der Waals surface area contributed by atoms with Gasteiger partial charge in [0.1, 0.15) is 28.5 Å². The highest BCUT2D eigenvalue weighted by Crippen LogP contribution is 2.39. The largest absolute Gasteiger partial charge is 0.383 e. The van der Waals surface area contributed by atoms with Crippen LogP contribution in [0.5, 0.6) is 0 Å². The number of nitrogens with zero attached hydrogens (tertiary/aromatic N) is 4. The Hall–Kier alpha value is -1.61. The Kier molecular flexibility index (Phi) is 2.71. The molecule has 18 heavy (non-hydrogen) atoms. The van der Waals surface area contributed by atoms with Crippen LogP contribution in [0.25, 0.3) is 11.0 Å². The number of anilines is 1. The van der Waals surface area contributed by atoms with Gasteiger partial charge in [0.05, 0.1) is 10.9 Å². The van der Waals surface area contributed by atoms with Crippen molar-refractivity contribution in [1.29, 1.82) is 5.26 Å². The number of nitrogen functional groups attached to an aromatic ring is 1. The Bertz CT molecular complexity index is 649. The van der Waals surface area contributed by atoms with Crippen LogP contribution in [0.2, 0.25) is 0 Å². The van der Waals surface area contributed by atoms with Crippen molar-refractivity contribution in [2.75, 3.05) is 5.73 Å². The van der Waals surface area contributed by atoms with Crippen LogP contribution in [0.3, 0.4) is 0 Å². The van der Waals surface area contributed by atoms with Crippen molar-refractivity contribution in [2.45, 2.75) is 31.7 Å². The molecule has 5 nitrogen and oxygen atoms in total. The molecule has 1 saturated carbocycles. The highest BCUT2D eigenvalue weighted by molar-refractivity contribution is 9.10. The number of aromatic nitrogens is 3. The van der Waals surface area contributed by atoms with E-state index in [2.05, 4.69) is 36.5 Å². The maximum absolute atomic E-state index is 9.29. The minimum atomic E-state index is 0.369. The van der Waals surface area contributed by atoms with E-state index in [1.165, 1.54) is 19.2 Å². The summed E-state index contributed by atoms with van der Waals surface area (Å²) in [5, 5.41) is 9.96. The Morgan fingerprint density at radius 1 is 1.39 bits per heavy atom. The smallest absolute Gasteiger partial charge is 0.148 e. The molecule has 0 aliphatic heterocycles. The minimum Gasteiger partial charge on any atom is -0.383 e. The molecule has 0 radical (unpaired) electrons. The predicted octanol–water partition coefficient (Wildman–Crippen LogP) is 2.76. The number of hydrogen-bond acceptors (Lipinski definition) is 4. The summed E-state index contributed by atoms with van der Waals surface area (Å²) in [6.45, 7) is 0. The number of hydrogen-bond donors (Lipinski definition) is 1. The quantitative estimate of drug-likeness (QED) is 0.878. The lowest BCUT2D eigenvalue weighted by Crippen LogP contribution is -2.06. The molecule has 1 fully saturated rings. The molecule has 0 atom stereocenters. The zero-order valence-electron chi connectivity index (χ0n) is 9.73. The summed E-state index contributed by atoms with van der Waals surface area (Å²) in [5.41, 5.74) is 7.18. The number of nitriles is 1. The van der Waals surface area contributed by atoms with Gasteiger partial charge in [0.25, 0.3) is 0 Å². The van der Waals surface area contributed by atoms with Gasteiger partial charge in [-0.2, -0.15) is 5.26 Å². The van der Waals surface area contributed by atoms with E-state index >= 15 is 0 Å². The van der Waals surface area contributed by atoms with Gasteiger partial charge in [-0.3, -0.25) is 0 Å². The van der Waals surface area contributed by atoms with Crippen LogP contribution in [0.15, 0.2) is 10.9 Å². The first kappa shape index (κ1) is 11.5. The summed E-state index contributed by atoms with van der Waals surface area (Å²) in [5.74, 6) is 0.369. The molecule has 1 aliphatic carbocycles. The number of fused-ring (bicyclic) bond motifs is 1. The zero-order valence-corrected chi connectivity index (χ0v) is 11.3. The molecule has 2 aromatic rings. The third-order valence-corrected chi connectivity index (χ3v) is 4.33. The first-order valence-corrected chi connectivity index (χ1v) is 6.73. The van der Waals surface area contributed by atoms with Crippen molar-refractivity contribution in [3.8, 4) is 6.07 Å². The topological polar surface area (TPSA) is 80.5 Å². The third-order valence-electron chi connectivity index (χ3n) is 3.55. The van der Waals surface area contributed by atoms with E-state index in [9.17, 15) is 5.26 Å². The van der Waals surface area contributed by atoms with E-state index in [0.29, 0.717) is 22.8 Å². The molecule has 2 aromatic heterocycles. The summed E-state index contributed by atoms with van der Waals surface area (Å²) in [6.07, 6.45) is 6.14. The molecule has 0 amide bonds. The molecular weight excluding hydrogens is 294 g/mol. The SMILES string of the molecule is N#Cc1c(Br)n(C2CCCC2)c2ncnc(N)c12. The molecule has 0 aromatic carbocycles. The summed E-state index contributed by atoms with van der Waals surface area (Å²) in [7, 11) is 0. The van der Waals surface area contributed by atoms with Crippen LogP contribution in [0.1, 0.15) is 37.3 Å². The Morgan fingerprint density at radius 3 is 2.78 bits per heavy atom. The molecule has 0 unspecified atom stereocenters. The van der Waals surface area contributed by atoms with Crippen LogP contribution < -0.4 is 5.73 Å². The highest BCUT2D eigenvalue weighted by atomic mass is 79.9. The predicted molar refractivity (Wildman–Crippen MR) is 71.9 cm³/mol. The van der Waals surface area contributed by atoms with Crippen molar-refractivity contribution in [2.24, 2.45) is 0 Å². The van der Waals surface area contributed by atoms with E-state index in [4.69, 9.17) is 5.73 Å². The molecule has 3 rings (SSSR count). The molecule has 2 heterocycles. The molecule has 1 aliphatic rings. The molecule has 0 saturated heterocycles. The fourth-order valence-electron chi connectivity index (χ4n) is 2.73. The van der Waals surface area contributed by atoms with Gasteiger partial charge in [0, 0.05) is 6.04 Å². The van der Waals surface area contributed by atoms with Gasteiger partial charge in [-0.15, -0.1) is 0 Å². The maximum Gasteiger partial charge on any atom is 0.148 e. The van der Waals surface area contributed by atoms with Crippen LogP contribution in [-0.4, -0.2) is 14.5 Å². The van der Waals surface area contributed by atoms with Crippen LogP contribution in [0, 0.1) is 11.3 Å². The van der Waals surface area contributed by atoms with Gasteiger partial charge in [-0.25, -0.2) is 9.97 Å². The fraction of sp³-hybridized carbons (Fsp3) is 0.417. The normalized spacial score (nSPS) is 16.2. The maximum atomic E-state index is 9.29. The standard InChI is InChI=1S/C12H12BrN5/c13-10-8(5-14)9-11(15)16-6-17-12(9)18(10)7-3-1-2-4-7/h6-7H,1-4H2,(H2,15,16,17). The molecule has 6 heteroatoms. The van der Waals surface area contributed by atoms with Gasteiger partial charge < -0.3 is 10.3 Å². The van der Waals surface area contributed by atoms with Crippen LogP contribution >= 0.6 is 15.9 Å². The molecule has 0 spiro atoms. The Labute approximate surface area is 113 Å². The van der Waals surface area contributed by atoms with Crippen molar-refractivity contribution >= 4 is 32.8 Å². The minimum absolute atomic E-state index is 0.369. The van der Waals surface area contributed by atoms with Gasteiger partial charge in [0.15, 0.2) is 0 Å².